The lowest BCUT2D eigenvalue weighted by Gasteiger charge is -2.12. The molecular formula is C27H23FN2O5. The maximum Gasteiger partial charge on any atom is 0.339 e. The Hall–Kier alpha value is -4.46. The summed E-state index contributed by atoms with van der Waals surface area (Å²) in [4.78, 5) is 29.8. The summed E-state index contributed by atoms with van der Waals surface area (Å²) >= 11 is 0. The van der Waals surface area contributed by atoms with Crippen LogP contribution < -0.4 is 14.8 Å². The predicted molar refractivity (Wildman–Crippen MR) is 129 cm³/mol. The molecule has 3 aromatic carbocycles. The summed E-state index contributed by atoms with van der Waals surface area (Å²) in [5, 5.41) is 3.25. The Morgan fingerprint density at radius 1 is 0.914 bits per heavy atom. The molecule has 0 atom stereocenters. The molecule has 1 heterocycles. The van der Waals surface area contributed by atoms with Crippen molar-refractivity contribution in [2.75, 3.05) is 20.8 Å². The van der Waals surface area contributed by atoms with Crippen molar-refractivity contribution in [2.24, 2.45) is 0 Å². The van der Waals surface area contributed by atoms with Gasteiger partial charge in [0.25, 0.3) is 5.91 Å². The number of rotatable bonds is 8. The van der Waals surface area contributed by atoms with Crippen LogP contribution in [0.5, 0.6) is 11.5 Å². The number of hydrogen-bond acceptors (Lipinski definition) is 6. The smallest absolute Gasteiger partial charge is 0.339 e. The van der Waals surface area contributed by atoms with Crippen LogP contribution in [0.25, 0.3) is 22.2 Å². The van der Waals surface area contributed by atoms with Gasteiger partial charge in [0.05, 0.1) is 31.0 Å². The second kappa shape index (κ2) is 10.6. The normalized spacial score (nSPS) is 10.6. The Balaban J connectivity index is 1.53. The van der Waals surface area contributed by atoms with E-state index in [1.165, 1.54) is 12.1 Å². The zero-order chi connectivity index (χ0) is 24.8. The van der Waals surface area contributed by atoms with Gasteiger partial charge in [0.15, 0.2) is 18.1 Å². The first-order valence-corrected chi connectivity index (χ1v) is 10.8. The van der Waals surface area contributed by atoms with E-state index in [0.717, 1.165) is 11.1 Å². The van der Waals surface area contributed by atoms with Gasteiger partial charge in [-0.05, 0) is 48.0 Å². The van der Waals surface area contributed by atoms with Gasteiger partial charge in [-0.2, -0.15) is 0 Å². The molecule has 0 unspecified atom stereocenters. The van der Waals surface area contributed by atoms with Crippen molar-refractivity contribution < 1.29 is 28.2 Å². The number of ether oxygens (including phenoxy) is 3. The maximum atomic E-state index is 13.0. The number of carbonyl (C=O) groups excluding carboxylic acids is 2. The number of hydrogen-bond donors (Lipinski definition) is 1. The molecule has 7 nitrogen and oxygen atoms in total. The molecule has 178 valence electrons. The highest BCUT2D eigenvalue weighted by Crippen LogP contribution is 2.33. The van der Waals surface area contributed by atoms with Crippen molar-refractivity contribution in [1.29, 1.82) is 0 Å². The molecule has 1 N–H and O–H groups in total. The average Bonchev–Trinajstić information content (AvgIpc) is 2.90. The van der Waals surface area contributed by atoms with E-state index < -0.39 is 18.5 Å². The second-order valence-corrected chi connectivity index (χ2v) is 7.62. The Bertz CT molecular complexity index is 1370. The predicted octanol–water partition coefficient (Wildman–Crippen LogP) is 4.53. The van der Waals surface area contributed by atoms with Gasteiger partial charge in [-0.3, -0.25) is 4.79 Å². The molecule has 0 saturated carbocycles. The molecule has 0 saturated heterocycles. The van der Waals surface area contributed by atoms with E-state index in [-0.39, 0.29) is 17.9 Å². The SMILES string of the molecule is COc1ccc(-c2cc(C(=O)OCC(=O)NCc3ccc(F)cc3)c3ccccc3n2)cc1OC. The Labute approximate surface area is 201 Å². The average molecular weight is 474 g/mol. The van der Waals surface area contributed by atoms with E-state index in [1.54, 1.807) is 62.8 Å². The lowest BCUT2D eigenvalue weighted by Crippen LogP contribution is -2.28. The summed E-state index contributed by atoms with van der Waals surface area (Å²) in [6.45, 7) is -0.263. The minimum Gasteiger partial charge on any atom is -0.493 e. The van der Waals surface area contributed by atoms with Crippen molar-refractivity contribution >= 4 is 22.8 Å². The fourth-order valence-electron chi connectivity index (χ4n) is 3.55. The van der Waals surface area contributed by atoms with Crippen molar-refractivity contribution in [3.05, 3.63) is 89.7 Å². The summed E-state index contributed by atoms with van der Waals surface area (Å²) in [5.41, 5.74) is 2.88. The first-order chi connectivity index (χ1) is 17.0. The van der Waals surface area contributed by atoms with Crippen molar-refractivity contribution in [2.45, 2.75) is 6.54 Å². The number of amides is 1. The van der Waals surface area contributed by atoms with Gasteiger partial charge < -0.3 is 19.5 Å². The molecule has 0 aliphatic carbocycles. The third kappa shape index (κ3) is 5.55. The van der Waals surface area contributed by atoms with Gasteiger partial charge in [0, 0.05) is 17.5 Å². The van der Waals surface area contributed by atoms with E-state index in [9.17, 15) is 14.0 Å². The maximum absolute atomic E-state index is 13.0. The molecule has 0 fully saturated rings. The minimum atomic E-state index is -0.651. The number of benzene rings is 3. The number of para-hydroxylation sites is 1. The van der Waals surface area contributed by atoms with Gasteiger partial charge >= 0.3 is 5.97 Å². The number of halogens is 1. The molecule has 0 aliphatic rings. The van der Waals surface area contributed by atoms with E-state index >= 15 is 0 Å². The first-order valence-electron chi connectivity index (χ1n) is 10.8. The number of nitrogens with one attached hydrogen (secondary N) is 1. The number of fused-ring (bicyclic) bond motifs is 1. The van der Waals surface area contributed by atoms with Gasteiger partial charge in [0.1, 0.15) is 5.82 Å². The number of pyridine rings is 1. The van der Waals surface area contributed by atoms with Crippen LogP contribution in [-0.2, 0) is 16.1 Å². The van der Waals surface area contributed by atoms with Gasteiger partial charge in [-0.1, -0.05) is 30.3 Å². The van der Waals surface area contributed by atoms with Crippen LogP contribution in [0.2, 0.25) is 0 Å². The van der Waals surface area contributed by atoms with E-state index in [2.05, 4.69) is 10.3 Å². The monoisotopic (exact) mass is 474 g/mol. The number of aromatic nitrogens is 1. The standard InChI is InChI=1S/C27H23FN2O5/c1-33-24-12-9-18(13-25(24)34-2)23-14-21(20-5-3-4-6-22(20)30-23)27(32)35-16-26(31)29-15-17-7-10-19(28)11-8-17/h3-14H,15-16H2,1-2H3,(H,29,31). The van der Waals surface area contributed by atoms with Crippen LogP contribution in [0.1, 0.15) is 15.9 Å². The van der Waals surface area contributed by atoms with Crippen molar-refractivity contribution in [3.63, 3.8) is 0 Å². The Morgan fingerprint density at radius 3 is 2.40 bits per heavy atom. The largest absolute Gasteiger partial charge is 0.493 e. The third-order valence-corrected chi connectivity index (χ3v) is 5.35. The molecule has 35 heavy (non-hydrogen) atoms. The topological polar surface area (TPSA) is 86.8 Å². The second-order valence-electron chi connectivity index (χ2n) is 7.62. The van der Waals surface area contributed by atoms with Crippen LogP contribution in [-0.4, -0.2) is 37.7 Å². The van der Waals surface area contributed by atoms with Gasteiger partial charge in [-0.25, -0.2) is 14.2 Å². The van der Waals surface area contributed by atoms with E-state index in [1.807, 2.05) is 12.1 Å². The van der Waals surface area contributed by atoms with Crippen molar-refractivity contribution in [1.82, 2.24) is 10.3 Å². The molecule has 8 heteroatoms. The molecule has 4 aromatic rings. The van der Waals surface area contributed by atoms with Crippen LogP contribution in [0.4, 0.5) is 4.39 Å². The quantitative estimate of drug-likeness (QED) is 0.378. The third-order valence-electron chi connectivity index (χ3n) is 5.35. The number of esters is 1. The molecule has 4 rings (SSSR count). The summed E-state index contributed by atoms with van der Waals surface area (Å²) in [6, 6.07) is 19.9. The van der Waals surface area contributed by atoms with Crippen molar-refractivity contribution in [3.8, 4) is 22.8 Å². The molecule has 1 aromatic heterocycles. The van der Waals surface area contributed by atoms with Gasteiger partial charge in [0.2, 0.25) is 0 Å². The lowest BCUT2D eigenvalue weighted by atomic mass is 10.0. The minimum absolute atomic E-state index is 0.193. The van der Waals surface area contributed by atoms with Crippen LogP contribution in [0.3, 0.4) is 0 Å². The van der Waals surface area contributed by atoms with Gasteiger partial charge in [-0.15, -0.1) is 0 Å². The molecule has 0 spiro atoms. The highest BCUT2D eigenvalue weighted by molar-refractivity contribution is 6.05. The van der Waals surface area contributed by atoms with Crippen LogP contribution in [0.15, 0.2) is 72.8 Å². The Kier molecular flexibility index (Phi) is 7.21. The zero-order valence-electron chi connectivity index (χ0n) is 19.2. The molecule has 0 radical (unpaired) electrons. The highest BCUT2D eigenvalue weighted by atomic mass is 19.1. The number of nitrogens with zero attached hydrogens (tertiary/aromatic N) is 1. The molecule has 0 bridgehead atoms. The van der Waals surface area contributed by atoms with E-state index in [4.69, 9.17) is 14.2 Å². The molecule has 0 aliphatic heterocycles. The number of methoxy groups -OCH3 is 2. The Morgan fingerprint density at radius 2 is 1.66 bits per heavy atom. The summed E-state index contributed by atoms with van der Waals surface area (Å²) < 4.78 is 29.0. The first kappa shape index (κ1) is 23.7. The highest BCUT2D eigenvalue weighted by Gasteiger charge is 2.17. The molecular weight excluding hydrogens is 451 g/mol. The zero-order valence-corrected chi connectivity index (χ0v) is 19.2. The van der Waals surface area contributed by atoms with Crippen LogP contribution in [0, 0.1) is 5.82 Å². The van der Waals surface area contributed by atoms with Crippen LogP contribution >= 0.6 is 0 Å². The summed E-state index contributed by atoms with van der Waals surface area (Å²) in [5.74, 6) is -0.375. The van der Waals surface area contributed by atoms with E-state index in [0.29, 0.717) is 28.1 Å². The molecule has 1 amide bonds. The fraction of sp³-hybridized carbons (Fsp3) is 0.148. The fourth-order valence-corrected chi connectivity index (χ4v) is 3.55. The number of carbonyl (C=O) groups is 2. The summed E-state index contributed by atoms with van der Waals surface area (Å²) in [7, 11) is 3.09. The lowest BCUT2D eigenvalue weighted by molar-refractivity contribution is -0.124. The summed E-state index contributed by atoms with van der Waals surface area (Å²) in [6.07, 6.45) is 0.